The molecule has 0 aliphatic heterocycles. The minimum absolute atomic E-state index is 0. The van der Waals surface area contributed by atoms with Gasteiger partial charge in [0.05, 0.1) is 0 Å². The van der Waals surface area contributed by atoms with Crippen molar-refractivity contribution in [2.45, 2.75) is 33.5 Å². The maximum atomic E-state index is 7.23. The van der Waals surface area contributed by atoms with Crippen LogP contribution in [0.15, 0.2) is 128 Å². The molecule has 0 aliphatic carbocycles. The van der Waals surface area contributed by atoms with Gasteiger partial charge in [0.2, 0.25) is 0 Å². The van der Waals surface area contributed by atoms with E-state index in [1.54, 1.807) is 18.2 Å². The van der Waals surface area contributed by atoms with Crippen molar-refractivity contribution < 1.29 is 24.2 Å². The minimum Gasteiger partial charge on any atom is -0.304 e. The first-order valence-electron chi connectivity index (χ1n) is 16.2. The topological polar surface area (TPSA) is 25.8 Å². The molecule has 7 rings (SSSR count). The van der Waals surface area contributed by atoms with Crippen LogP contribution in [0.5, 0.6) is 0 Å². The van der Waals surface area contributed by atoms with E-state index in [0.29, 0.717) is 5.92 Å². The molecule has 4 heteroatoms. The normalized spacial score (nSPS) is 12.0. The average Bonchev–Trinajstić information content (AvgIpc) is 3.45. The molecule has 0 bridgehead atoms. The summed E-state index contributed by atoms with van der Waals surface area (Å²) < 4.78 is 23.0. The van der Waals surface area contributed by atoms with Crippen molar-refractivity contribution in [1.82, 2.24) is 9.97 Å². The summed E-state index contributed by atoms with van der Waals surface area (Å²) in [7, 11) is 0. The van der Waals surface area contributed by atoms with Crippen LogP contribution in [0.1, 0.15) is 40.6 Å². The first-order valence-corrected chi connectivity index (χ1v) is 15.5. The Hall–Kier alpha value is -4.21. The molecule has 225 valence electrons. The zero-order chi connectivity index (χ0) is 33.0. The van der Waals surface area contributed by atoms with Crippen LogP contribution in [0.2, 0.25) is 0 Å². The van der Waals surface area contributed by atoms with Gasteiger partial charge in [0, 0.05) is 42.3 Å². The number of hydrogen-bond acceptors (Lipinski definition) is 3. The van der Waals surface area contributed by atoms with Crippen molar-refractivity contribution in [1.29, 1.82) is 0 Å². The van der Waals surface area contributed by atoms with Gasteiger partial charge in [-0.2, -0.15) is 11.3 Å². The van der Waals surface area contributed by atoms with Crippen molar-refractivity contribution in [3.8, 4) is 44.1 Å². The van der Waals surface area contributed by atoms with Crippen molar-refractivity contribution in [2.24, 2.45) is 0 Å². The number of aryl methyl sites for hydroxylation is 2. The van der Waals surface area contributed by atoms with E-state index in [2.05, 4.69) is 117 Å². The van der Waals surface area contributed by atoms with E-state index < -0.39 is 6.85 Å². The van der Waals surface area contributed by atoms with Crippen LogP contribution >= 0.6 is 11.3 Å². The van der Waals surface area contributed by atoms with Crippen LogP contribution in [0.4, 0.5) is 0 Å². The molecule has 45 heavy (non-hydrogen) atoms. The second-order valence-corrected chi connectivity index (χ2v) is 11.9. The molecule has 0 saturated heterocycles. The Labute approximate surface area is 288 Å². The third kappa shape index (κ3) is 7.37. The Balaban J connectivity index is 0.000000224. The molecular weight excluding hydrogens is 745 g/mol. The van der Waals surface area contributed by atoms with Gasteiger partial charge in [-0.15, -0.1) is 53.4 Å². The van der Waals surface area contributed by atoms with Gasteiger partial charge in [0.25, 0.3) is 0 Å². The summed E-state index contributed by atoms with van der Waals surface area (Å²) >= 11 is 1.86. The van der Waals surface area contributed by atoms with Crippen molar-refractivity contribution >= 4 is 21.4 Å². The van der Waals surface area contributed by atoms with Gasteiger partial charge in [-0.05, 0) is 56.4 Å². The standard InChI is InChI=1S/C29H24NS.C12H10N.Ir/c1-19(2)23-14-15-30-27(18-23)24-16-25-20(3)28(22-12-8-5-9-13-22)31-29(25)26(17-24)21-10-6-4-7-11-21;1-10-7-8-12(13-9-10)11-5-3-2-4-6-11;/h4-15,17-19H,1-3H3;2-5,7-9H,1H3;/q2*-1;/i;1D3;. The molecule has 0 spiro atoms. The number of benzene rings is 4. The third-order valence-electron chi connectivity index (χ3n) is 7.54. The van der Waals surface area contributed by atoms with E-state index in [0.717, 1.165) is 22.5 Å². The molecule has 0 amide bonds. The van der Waals surface area contributed by atoms with E-state index >= 15 is 0 Å². The van der Waals surface area contributed by atoms with Crippen molar-refractivity contribution in [3.05, 3.63) is 156 Å². The SMILES string of the molecule is Cc1c(-c2ccccc2)sc2c(-c3ccccc3)cc(-c3cc(C(C)C)ccn3)[c-]c12.[2H]C([2H])([2H])c1ccc(-c2[c-]cccc2)nc1.[Ir]. The number of nitrogens with zero attached hydrogens (tertiary/aromatic N) is 2. The molecule has 1 radical (unpaired) electrons. The van der Waals surface area contributed by atoms with Crippen LogP contribution in [0.25, 0.3) is 54.2 Å². The van der Waals surface area contributed by atoms with Crippen molar-refractivity contribution in [2.75, 3.05) is 0 Å². The maximum Gasteiger partial charge on any atom is 0.0280 e. The molecule has 3 aromatic heterocycles. The zero-order valence-electron chi connectivity index (χ0n) is 28.3. The monoisotopic (exact) mass is 782 g/mol. The summed E-state index contributed by atoms with van der Waals surface area (Å²) in [6.45, 7) is 4.56. The molecule has 0 N–H and O–H groups in total. The summed E-state index contributed by atoms with van der Waals surface area (Å²) in [5, 5.41) is 1.19. The van der Waals surface area contributed by atoms with Gasteiger partial charge < -0.3 is 4.98 Å². The number of fused-ring (bicyclic) bond motifs is 1. The first-order chi connectivity index (χ1) is 22.7. The molecule has 0 fully saturated rings. The van der Waals surface area contributed by atoms with Crippen LogP contribution in [0, 0.1) is 25.9 Å². The van der Waals surface area contributed by atoms with E-state index in [-0.39, 0.29) is 25.7 Å². The minimum atomic E-state index is -2.09. The average molecular weight is 782 g/mol. The number of rotatable bonds is 5. The first kappa shape index (κ1) is 28.3. The molecule has 0 saturated carbocycles. The van der Waals surface area contributed by atoms with Gasteiger partial charge in [-0.3, -0.25) is 4.98 Å². The maximum absolute atomic E-state index is 7.23. The Morgan fingerprint density at radius 3 is 2.13 bits per heavy atom. The van der Waals surface area contributed by atoms with Gasteiger partial charge in [-0.1, -0.05) is 116 Å². The van der Waals surface area contributed by atoms with Crippen LogP contribution < -0.4 is 0 Å². The predicted molar refractivity (Wildman–Crippen MR) is 187 cm³/mol. The number of aromatic nitrogens is 2. The Bertz CT molecular complexity index is 2090. The molecular formula is C41H34IrN2S-2. The van der Waals surface area contributed by atoms with E-state index in [1.807, 2.05) is 35.7 Å². The molecule has 3 heterocycles. The predicted octanol–water partition coefficient (Wildman–Crippen LogP) is 11.4. The van der Waals surface area contributed by atoms with Gasteiger partial charge in [-0.25, -0.2) is 0 Å². The Kier molecular flexibility index (Phi) is 9.24. The van der Waals surface area contributed by atoms with Crippen LogP contribution in [-0.2, 0) is 20.1 Å². The smallest absolute Gasteiger partial charge is 0.0280 e. The summed E-state index contributed by atoms with van der Waals surface area (Å²) in [5.41, 5.74) is 10.2. The van der Waals surface area contributed by atoms with Crippen molar-refractivity contribution in [3.63, 3.8) is 0 Å². The van der Waals surface area contributed by atoms with Gasteiger partial charge in [0.15, 0.2) is 0 Å². The largest absolute Gasteiger partial charge is 0.304 e. The fourth-order valence-electron chi connectivity index (χ4n) is 5.13. The second-order valence-electron chi connectivity index (χ2n) is 10.9. The van der Waals surface area contributed by atoms with Crippen LogP contribution in [-0.4, -0.2) is 9.97 Å². The van der Waals surface area contributed by atoms with E-state index in [1.165, 1.54) is 49.0 Å². The second kappa shape index (κ2) is 14.7. The Morgan fingerprint density at radius 1 is 0.756 bits per heavy atom. The Morgan fingerprint density at radius 2 is 1.49 bits per heavy atom. The molecule has 0 atom stereocenters. The summed E-state index contributed by atoms with van der Waals surface area (Å²) in [6, 6.07) is 45.4. The summed E-state index contributed by atoms with van der Waals surface area (Å²) in [6.07, 6.45) is 3.31. The van der Waals surface area contributed by atoms with E-state index in [4.69, 9.17) is 9.10 Å². The number of pyridine rings is 2. The quantitative estimate of drug-likeness (QED) is 0.163. The molecule has 0 aliphatic rings. The van der Waals surface area contributed by atoms with Crippen LogP contribution in [0.3, 0.4) is 0 Å². The molecule has 7 aromatic rings. The van der Waals surface area contributed by atoms with Gasteiger partial charge in [0.1, 0.15) is 0 Å². The molecule has 0 unspecified atom stereocenters. The summed E-state index contributed by atoms with van der Waals surface area (Å²) in [4.78, 5) is 10.1. The number of thiophene rings is 1. The third-order valence-corrected chi connectivity index (χ3v) is 8.91. The fraction of sp³-hybridized carbons (Fsp3) is 0.122. The van der Waals surface area contributed by atoms with E-state index in [9.17, 15) is 0 Å². The summed E-state index contributed by atoms with van der Waals surface area (Å²) in [5.74, 6) is 0.464. The zero-order valence-corrected chi connectivity index (χ0v) is 28.5. The fourth-order valence-corrected chi connectivity index (χ4v) is 6.43. The van der Waals surface area contributed by atoms with Gasteiger partial charge >= 0.3 is 0 Å². The molecule has 2 nitrogen and oxygen atoms in total. The number of hydrogen-bond donors (Lipinski definition) is 0. The molecule has 4 aromatic carbocycles.